The largest absolute Gasteiger partial charge is 0.308 e. The Hall–Kier alpha value is -0.860. The van der Waals surface area contributed by atoms with Gasteiger partial charge in [0.15, 0.2) is 0 Å². The molecule has 2 heteroatoms. The van der Waals surface area contributed by atoms with Gasteiger partial charge in [-0.2, -0.15) is 0 Å². The zero-order chi connectivity index (χ0) is 13.5. The van der Waals surface area contributed by atoms with Crippen LogP contribution in [0.25, 0.3) is 0 Å². The van der Waals surface area contributed by atoms with Crippen LogP contribution in [-0.4, -0.2) is 31.1 Å². The van der Waals surface area contributed by atoms with Gasteiger partial charge in [0.1, 0.15) is 0 Å². The molecule has 2 aliphatic carbocycles. The highest BCUT2D eigenvalue weighted by molar-refractivity contribution is 5.37. The molecule has 0 heterocycles. The average molecular weight is 258 g/mol. The summed E-state index contributed by atoms with van der Waals surface area (Å²) >= 11 is 0. The lowest BCUT2D eigenvalue weighted by Crippen LogP contribution is -2.56. The van der Waals surface area contributed by atoms with Crippen LogP contribution in [0.15, 0.2) is 18.2 Å². The number of rotatable bonds is 4. The van der Waals surface area contributed by atoms with Gasteiger partial charge in [0, 0.05) is 18.1 Å². The van der Waals surface area contributed by atoms with Gasteiger partial charge in [0.25, 0.3) is 0 Å². The maximum Gasteiger partial charge on any atom is 0.0328 e. The minimum absolute atomic E-state index is 0.423. The van der Waals surface area contributed by atoms with Gasteiger partial charge in [-0.15, -0.1) is 0 Å². The van der Waals surface area contributed by atoms with Gasteiger partial charge in [0.05, 0.1) is 0 Å². The zero-order valence-electron chi connectivity index (χ0n) is 12.5. The third-order valence-electron chi connectivity index (χ3n) is 5.29. The molecular formula is C17H26N2. The van der Waals surface area contributed by atoms with E-state index in [9.17, 15) is 0 Å². The Morgan fingerprint density at radius 1 is 1.32 bits per heavy atom. The van der Waals surface area contributed by atoms with E-state index in [1.807, 2.05) is 0 Å². The predicted molar refractivity (Wildman–Crippen MR) is 80.5 cm³/mol. The van der Waals surface area contributed by atoms with Crippen molar-refractivity contribution in [2.75, 3.05) is 20.6 Å². The molecule has 3 rings (SSSR count). The summed E-state index contributed by atoms with van der Waals surface area (Å²) in [6.45, 7) is 3.33. The molecule has 0 aromatic heterocycles. The lowest BCUT2D eigenvalue weighted by Gasteiger charge is -2.48. The molecule has 0 aliphatic heterocycles. The molecule has 0 amide bonds. The first-order valence-corrected chi connectivity index (χ1v) is 7.61. The van der Waals surface area contributed by atoms with E-state index in [4.69, 9.17) is 0 Å². The van der Waals surface area contributed by atoms with Crippen LogP contribution < -0.4 is 5.32 Å². The van der Waals surface area contributed by atoms with Crippen LogP contribution >= 0.6 is 0 Å². The third kappa shape index (κ3) is 2.32. The van der Waals surface area contributed by atoms with Crippen molar-refractivity contribution < 1.29 is 0 Å². The van der Waals surface area contributed by atoms with Crippen molar-refractivity contribution >= 4 is 0 Å². The number of hydrogen-bond acceptors (Lipinski definition) is 2. The molecule has 1 saturated carbocycles. The van der Waals surface area contributed by atoms with Crippen molar-refractivity contribution in [2.24, 2.45) is 0 Å². The molecule has 104 valence electrons. The molecular weight excluding hydrogens is 232 g/mol. The maximum atomic E-state index is 3.85. The maximum absolute atomic E-state index is 3.85. The summed E-state index contributed by atoms with van der Waals surface area (Å²) in [5, 5.41) is 3.85. The van der Waals surface area contributed by atoms with Crippen LogP contribution in [0.4, 0.5) is 0 Å². The predicted octanol–water partition coefficient (Wildman–Crippen LogP) is 3.06. The summed E-state index contributed by atoms with van der Waals surface area (Å²) in [5.41, 5.74) is 4.91. The molecule has 2 aliphatic rings. The van der Waals surface area contributed by atoms with E-state index in [-0.39, 0.29) is 0 Å². The first kappa shape index (κ1) is 13.1. The Morgan fingerprint density at radius 3 is 2.74 bits per heavy atom. The van der Waals surface area contributed by atoms with Gasteiger partial charge in [-0.05, 0) is 64.3 Å². The Morgan fingerprint density at radius 2 is 2.11 bits per heavy atom. The second kappa shape index (κ2) is 4.92. The fourth-order valence-electron chi connectivity index (χ4n) is 3.61. The SMILES string of the molecule is Cc1ccc2c(c1)C(NCC1(N(C)C)CCC1)CC2. The molecule has 1 fully saturated rings. The lowest BCUT2D eigenvalue weighted by atomic mass is 9.75. The van der Waals surface area contributed by atoms with E-state index in [1.165, 1.54) is 37.7 Å². The molecule has 1 atom stereocenters. The van der Waals surface area contributed by atoms with E-state index < -0.39 is 0 Å². The van der Waals surface area contributed by atoms with E-state index in [0.717, 1.165) is 6.54 Å². The molecule has 0 radical (unpaired) electrons. The Balaban J connectivity index is 1.68. The summed E-state index contributed by atoms with van der Waals surface area (Å²) in [6.07, 6.45) is 6.59. The highest BCUT2D eigenvalue weighted by atomic mass is 15.2. The van der Waals surface area contributed by atoms with Crippen molar-refractivity contribution in [3.8, 4) is 0 Å². The second-order valence-electron chi connectivity index (χ2n) is 6.65. The number of benzene rings is 1. The Kier molecular flexibility index (Phi) is 3.40. The standard InChI is InChI=1S/C17H26N2/c1-13-5-6-14-7-8-16(15(14)11-13)18-12-17(19(2)3)9-4-10-17/h5-6,11,16,18H,4,7-10,12H2,1-3H3. The minimum Gasteiger partial charge on any atom is -0.308 e. The summed E-state index contributed by atoms with van der Waals surface area (Å²) < 4.78 is 0. The van der Waals surface area contributed by atoms with Crippen molar-refractivity contribution in [1.29, 1.82) is 0 Å². The van der Waals surface area contributed by atoms with Crippen molar-refractivity contribution in [3.63, 3.8) is 0 Å². The van der Waals surface area contributed by atoms with E-state index in [1.54, 1.807) is 11.1 Å². The topological polar surface area (TPSA) is 15.3 Å². The number of nitrogens with zero attached hydrogens (tertiary/aromatic N) is 1. The third-order valence-corrected chi connectivity index (χ3v) is 5.29. The quantitative estimate of drug-likeness (QED) is 0.893. The molecule has 2 nitrogen and oxygen atoms in total. The zero-order valence-corrected chi connectivity index (χ0v) is 12.5. The first-order chi connectivity index (χ1) is 9.11. The number of likely N-dealkylation sites (N-methyl/N-ethyl adjacent to an activating group) is 1. The first-order valence-electron chi connectivity index (χ1n) is 7.61. The van der Waals surface area contributed by atoms with Crippen LogP contribution in [-0.2, 0) is 6.42 Å². The van der Waals surface area contributed by atoms with Gasteiger partial charge < -0.3 is 10.2 Å². The van der Waals surface area contributed by atoms with Crippen LogP contribution in [0, 0.1) is 6.92 Å². The van der Waals surface area contributed by atoms with Crippen LogP contribution in [0.3, 0.4) is 0 Å². The van der Waals surface area contributed by atoms with Gasteiger partial charge >= 0.3 is 0 Å². The van der Waals surface area contributed by atoms with Crippen LogP contribution in [0.5, 0.6) is 0 Å². The summed E-state index contributed by atoms with van der Waals surface area (Å²) in [6, 6.07) is 7.52. The Labute approximate surface area is 117 Å². The fraction of sp³-hybridized carbons (Fsp3) is 0.647. The molecule has 19 heavy (non-hydrogen) atoms. The van der Waals surface area contributed by atoms with Crippen LogP contribution in [0.2, 0.25) is 0 Å². The number of fused-ring (bicyclic) bond motifs is 1. The van der Waals surface area contributed by atoms with E-state index in [2.05, 4.69) is 49.4 Å². The van der Waals surface area contributed by atoms with Gasteiger partial charge in [-0.1, -0.05) is 23.8 Å². The van der Waals surface area contributed by atoms with Gasteiger partial charge in [0.2, 0.25) is 0 Å². The second-order valence-corrected chi connectivity index (χ2v) is 6.65. The van der Waals surface area contributed by atoms with Crippen molar-refractivity contribution in [1.82, 2.24) is 10.2 Å². The summed E-state index contributed by atoms with van der Waals surface area (Å²) in [5.74, 6) is 0. The van der Waals surface area contributed by atoms with Crippen molar-refractivity contribution in [2.45, 2.75) is 50.6 Å². The van der Waals surface area contributed by atoms with Gasteiger partial charge in [-0.3, -0.25) is 0 Å². The van der Waals surface area contributed by atoms with Gasteiger partial charge in [-0.25, -0.2) is 0 Å². The summed E-state index contributed by atoms with van der Waals surface area (Å²) in [7, 11) is 4.46. The fourth-order valence-corrected chi connectivity index (χ4v) is 3.61. The molecule has 1 unspecified atom stereocenters. The van der Waals surface area contributed by atoms with E-state index >= 15 is 0 Å². The monoisotopic (exact) mass is 258 g/mol. The van der Waals surface area contributed by atoms with E-state index in [0.29, 0.717) is 11.6 Å². The normalized spacial score (nSPS) is 24.3. The summed E-state index contributed by atoms with van der Waals surface area (Å²) in [4.78, 5) is 2.43. The number of aryl methyl sites for hydroxylation is 2. The number of nitrogens with one attached hydrogen (secondary N) is 1. The highest BCUT2D eigenvalue weighted by Crippen LogP contribution is 2.37. The molecule has 0 bridgehead atoms. The molecule has 1 aromatic rings. The van der Waals surface area contributed by atoms with Crippen molar-refractivity contribution in [3.05, 3.63) is 34.9 Å². The lowest BCUT2D eigenvalue weighted by molar-refractivity contribution is 0.0571. The Bertz CT molecular complexity index is 460. The molecule has 1 aromatic carbocycles. The average Bonchev–Trinajstić information content (AvgIpc) is 2.70. The molecule has 0 spiro atoms. The highest BCUT2D eigenvalue weighted by Gasteiger charge is 2.39. The van der Waals surface area contributed by atoms with Crippen LogP contribution in [0.1, 0.15) is 48.4 Å². The molecule has 0 saturated heterocycles. The molecule has 1 N–H and O–H groups in total. The smallest absolute Gasteiger partial charge is 0.0328 e. The minimum atomic E-state index is 0.423. The number of hydrogen-bond donors (Lipinski definition) is 1.